The van der Waals surface area contributed by atoms with E-state index in [1.807, 2.05) is 36.5 Å². The summed E-state index contributed by atoms with van der Waals surface area (Å²) in [5.74, 6) is 0. The molecule has 2 saturated heterocycles. The first-order valence-corrected chi connectivity index (χ1v) is 8.24. The first-order valence-electron chi connectivity index (χ1n) is 8.24. The molecule has 1 unspecified atom stereocenters. The molecule has 0 saturated carbocycles. The van der Waals surface area contributed by atoms with Crippen molar-refractivity contribution in [1.29, 1.82) is 0 Å². The Balaban J connectivity index is 1.54. The van der Waals surface area contributed by atoms with Gasteiger partial charge in [0, 0.05) is 6.54 Å². The number of nitrogens with zero attached hydrogens (tertiary/aromatic N) is 4. The molecule has 0 spiro atoms. The number of amides is 2. The summed E-state index contributed by atoms with van der Waals surface area (Å²) in [6, 6.07) is 0.362. The predicted octanol–water partition coefficient (Wildman–Crippen LogP) is 0.521. The van der Waals surface area contributed by atoms with E-state index in [2.05, 4.69) is 20.9 Å². The molecule has 3 rings (SSSR count). The molecule has 8 heteroatoms. The molecule has 128 valence electrons. The molecule has 2 amide bonds. The number of carbonyl (C=O) groups excluding carboxylic acids is 1. The number of hydrogen-bond acceptors (Lipinski definition) is 5. The van der Waals surface area contributed by atoms with Crippen molar-refractivity contribution in [3.05, 3.63) is 11.9 Å². The van der Waals surface area contributed by atoms with E-state index in [0.717, 1.165) is 25.2 Å². The Labute approximate surface area is 136 Å². The third kappa shape index (κ3) is 3.81. The van der Waals surface area contributed by atoms with Gasteiger partial charge in [0.2, 0.25) is 0 Å². The van der Waals surface area contributed by atoms with Crippen LogP contribution in [0.3, 0.4) is 0 Å². The fourth-order valence-electron chi connectivity index (χ4n) is 3.03. The van der Waals surface area contributed by atoms with Crippen molar-refractivity contribution in [2.75, 3.05) is 26.2 Å². The lowest BCUT2D eigenvalue weighted by Crippen LogP contribution is -2.57. The monoisotopic (exact) mass is 322 g/mol. The molecule has 0 bridgehead atoms. The van der Waals surface area contributed by atoms with Crippen molar-refractivity contribution in [2.24, 2.45) is 0 Å². The van der Waals surface area contributed by atoms with E-state index in [1.54, 1.807) is 0 Å². The van der Waals surface area contributed by atoms with Gasteiger partial charge in [0.15, 0.2) is 0 Å². The number of ether oxygens (including phenoxy) is 1. The Morgan fingerprint density at radius 3 is 3.13 bits per heavy atom. The molecule has 2 aliphatic heterocycles. The van der Waals surface area contributed by atoms with Crippen LogP contribution in [0, 0.1) is 0 Å². The molecule has 2 fully saturated rings. The second-order valence-corrected chi connectivity index (χ2v) is 7.04. The van der Waals surface area contributed by atoms with Crippen LogP contribution in [-0.2, 0) is 11.3 Å². The molecule has 0 aromatic carbocycles. The molecule has 1 aromatic rings. The normalized spacial score (nSPS) is 27.2. The molecule has 23 heavy (non-hydrogen) atoms. The van der Waals surface area contributed by atoms with Gasteiger partial charge in [-0.25, -0.2) is 9.48 Å². The SMILES string of the molecule is C[C@H]1COC(C)(C)CN1C(=O)NCc1cn(C2CCNC2)nn1. The van der Waals surface area contributed by atoms with Crippen LogP contribution in [0.1, 0.15) is 38.9 Å². The molecule has 2 atom stereocenters. The van der Waals surface area contributed by atoms with E-state index in [1.165, 1.54) is 0 Å². The summed E-state index contributed by atoms with van der Waals surface area (Å²) in [7, 11) is 0. The van der Waals surface area contributed by atoms with Gasteiger partial charge in [-0.3, -0.25) is 0 Å². The van der Waals surface area contributed by atoms with Gasteiger partial charge >= 0.3 is 6.03 Å². The highest BCUT2D eigenvalue weighted by Gasteiger charge is 2.34. The molecule has 2 N–H and O–H groups in total. The zero-order valence-corrected chi connectivity index (χ0v) is 14.1. The number of hydrogen-bond donors (Lipinski definition) is 2. The van der Waals surface area contributed by atoms with Crippen molar-refractivity contribution in [2.45, 2.75) is 51.4 Å². The fourth-order valence-corrected chi connectivity index (χ4v) is 3.03. The van der Waals surface area contributed by atoms with Crippen LogP contribution in [0.4, 0.5) is 4.79 Å². The number of nitrogens with one attached hydrogen (secondary N) is 2. The van der Waals surface area contributed by atoms with Crippen LogP contribution in [-0.4, -0.2) is 63.8 Å². The summed E-state index contributed by atoms with van der Waals surface area (Å²) in [5, 5.41) is 14.6. The van der Waals surface area contributed by atoms with E-state index in [9.17, 15) is 4.79 Å². The predicted molar refractivity (Wildman–Crippen MR) is 85.0 cm³/mol. The van der Waals surface area contributed by atoms with Gasteiger partial charge in [-0.1, -0.05) is 5.21 Å². The highest BCUT2D eigenvalue weighted by molar-refractivity contribution is 5.74. The van der Waals surface area contributed by atoms with E-state index >= 15 is 0 Å². The molecule has 8 nitrogen and oxygen atoms in total. The van der Waals surface area contributed by atoms with E-state index in [4.69, 9.17) is 4.74 Å². The highest BCUT2D eigenvalue weighted by atomic mass is 16.5. The van der Waals surface area contributed by atoms with Crippen molar-refractivity contribution >= 4 is 6.03 Å². The lowest BCUT2D eigenvalue weighted by atomic mass is 10.1. The summed E-state index contributed by atoms with van der Waals surface area (Å²) < 4.78 is 7.62. The van der Waals surface area contributed by atoms with Crippen LogP contribution < -0.4 is 10.6 Å². The number of aromatic nitrogens is 3. The molecule has 0 radical (unpaired) electrons. The summed E-state index contributed by atoms with van der Waals surface area (Å²) >= 11 is 0. The van der Waals surface area contributed by atoms with Crippen LogP contribution in [0.15, 0.2) is 6.20 Å². The quantitative estimate of drug-likeness (QED) is 0.848. The molecule has 1 aromatic heterocycles. The van der Waals surface area contributed by atoms with Gasteiger partial charge in [-0.15, -0.1) is 5.10 Å². The summed E-state index contributed by atoms with van der Waals surface area (Å²) in [4.78, 5) is 14.3. The highest BCUT2D eigenvalue weighted by Crippen LogP contribution is 2.20. The Kier molecular flexibility index (Phi) is 4.54. The maximum Gasteiger partial charge on any atom is 0.318 e. The Morgan fingerprint density at radius 1 is 1.57 bits per heavy atom. The van der Waals surface area contributed by atoms with Crippen molar-refractivity contribution in [3.63, 3.8) is 0 Å². The van der Waals surface area contributed by atoms with Crippen LogP contribution >= 0.6 is 0 Å². The summed E-state index contributed by atoms with van der Waals surface area (Å²) in [6.45, 7) is 9.48. The van der Waals surface area contributed by atoms with Gasteiger partial charge in [-0.2, -0.15) is 0 Å². The standard InChI is InChI=1S/C15H26N6O2/c1-11-9-23-15(2,3)10-20(11)14(22)17-6-12-8-21(19-18-12)13-4-5-16-7-13/h8,11,13,16H,4-7,9-10H2,1-3H3,(H,17,22)/t11-,13?/m0/s1. The van der Waals surface area contributed by atoms with Crippen molar-refractivity contribution in [3.8, 4) is 0 Å². The smallest absolute Gasteiger partial charge is 0.318 e. The molecule has 2 aliphatic rings. The third-order valence-electron chi connectivity index (χ3n) is 4.45. The molecular weight excluding hydrogens is 296 g/mol. The summed E-state index contributed by atoms with van der Waals surface area (Å²) in [6.07, 6.45) is 2.99. The minimum absolute atomic E-state index is 0.0725. The fraction of sp³-hybridized carbons (Fsp3) is 0.800. The lowest BCUT2D eigenvalue weighted by Gasteiger charge is -2.42. The Hall–Kier alpha value is -1.67. The van der Waals surface area contributed by atoms with E-state index < -0.39 is 0 Å². The van der Waals surface area contributed by atoms with Gasteiger partial charge in [0.25, 0.3) is 0 Å². The van der Waals surface area contributed by atoms with Gasteiger partial charge in [0.1, 0.15) is 5.69 Å². The molecule has 3 heterocycles. The first-order chi connectivity index (χ1) is 10.9. The number of urea groups is 1. The number of morpholine rings is 1. The van der Waals surface area contributed by atoms with Gasteiger partial charge in [-0.05, 0) is 33.7 Å². The largest absolute Gasteiger partial charge is 0.372 e. The molecular formula is C15H26N6O2. The van der Waals surface area contributed by atoms with Crippen LogP contribution in [0.5, 0.6) is 0 Å². The number of carbonyl (C=O) groups is 1. The van der Waals surface area contributed by atoms with Crippen molar-refractivity contribution < 1.29 is 9.53 Å². The lowest BCUT2D eigenvalue weighted by molar-refractivity contribution is -0.0953. The Morgan fingerprint density at radius 2 is 2.39 bits per heavy atom. The van der Waals surface area contributed by atoms with E-state index in [0.29, 0.717) is 25.7 Å². The number of rotatable bonds is 3. The zero-order chi connectivity index (χ0) is 16.4. The Bertz CT molecular complexity index is 552. The minimum Gasteiger partial charge on any atom is -0.372 e. The van der Waals surface area contributed by atoms with Crippen LogP contribution in [0.25, 0.3) is 0 Å². The average molecular weight is 322 g/mol. The maximum absolute atomic E-state index is 12.4. The average Bonchev–Trinajstić information content (AvgIpc) is 3.17. The third-order valence-corrected chi connectivity index (χ3v) is 4.45. The van der Waals surface area contributed by atoms with Crippen molar-refractivity contribution in [1.82, 2.24) is 30.5 Å². The van der Waals surface area contributed by atoms with Gasteiger partial charge in [0.05, 0.1) is 43.6 Å². The zero-order valence-electron chi connectivity index (χ0n) is 14.1. The second-order valence-electron chi connectivity index (χ2n) is 7.04. The van der Waals surface area contributed by atoms with Crippen LogP contribution in [0.2, 0.25) is 0 Å². The molecule has 0 aliphatic carbocycles. The topological polar surface area (TPSA) is 84.3 Å². The van der Waals surface area contributed by atoms with E-state index in [-0.39, 0.29) is 17.7 Å². The maximum atomic E-state index is 12.4. The first kappa shape index (κ1) is 16.2. The second kappa shape index (κ2) is 6.45. The van der Waals surface area contributed by atoms with Gasteiger partial charge < -0.3 is 20.3 Å². The summed E-state index contributed by atoms with van der Waals surface area (Å²) in [5.41, 5.74) is 0.480. The minimum atomic E-state index is -0.303.